The highest BCUT2D eigenvalue weighted by molar-refractivity contribution is 7.90. The molecule has 0 saturated heterocycles. The predicted molar refractivity (Wildman–Crippen MR) is 56.2 cm³/mol. The summed E-state index contributed by atoms with van der Waals surface area (Å²) in [5.41, 5.74) is -2.58. The maximum Gasteiger partial charge on any atom is 0.417 e. The van der Waals surface area contributed by atoms with Crippen molar-refractivity contribution in [1.29, 1.82) is 0 Å². The molecule has 1 aromatic carbocycles. The molecule has 0 fully saturated rings. The molecule has 1 aromatic rings. The minimum atomic E-state index is -5.06. The van der Waals surface area contributed by atoms with E-state index in [0.29, 0.717) is 12.3 Å². The van der Waals surface area contributed by atoms with Gasteiger partial charge in [0.05, 0.1) is 20.4 Å². The number of alkyl halides is 3. The molecule has 0 saturated carbocycles. The van der Waals surface area contributed by atoms with Crippen LogP contribution in [-0.4, -0.2) is 19.6 Å². The fourth-order valence-electron chi connectivity index (χ4n) is 1.27. The first-order chi connectivity index (χ1) is 7.94. The van der Waals surface area contributed by atoms with Crippen LogP contribution < -0.4 is 0 Å². The second-order valence-corrected chi connectivity index (χ2v) is 5.69. The smallest absolute Gasteiger partial charge is 0.258 e. The topological polar surface area (TPSA) is 77.3 Å². The maximum atomic E-state index is 12.7. The number of rotatable bonds is 2. The lowest BCUT2D eigenvalue weighted by atomic mass is 10.2. The van der Waals surface area contributed by atoms with Gasteiger partial charge in [0, 0.05) is 18.4 Å². The molecule has 0 unspecified atom stereocenters. The van der Waals surface area contributed by atoms with Crippen LogP contribution in [0.3, 0.4) is 0 Å². The first kappa shape index (κ1) is 14.7. The van der Waals surface area contributed by atoms with Crippen LogP contribution >= 0.6 is 11.6 Å². The van der Waals surface area contributed by atoms with Crippen molar-refractivity contribution >= 4 is 27.1 Å². The molecule has 0 heterocycles. The zero-order valence-electron chi connectivity index (χ0n) is 8.66. The Hall–Kier alpha value is -1.35. The Kier molecular flexibility index (Phi) is 3.59. The van der Waals surface area contributed by atoms with Crippen molar-refractivity contribution in [2.75, 3.05) is 6.26 Å². The van der Waals surface area contributed by atoms with Crippen LogP contribution in [-0.2, 0) is 16.0 Å². The molecule has 10 heteroatoms. The first-order valence-electron chi connectivity index (χ1n) is 4.20. The van der Waals surface area contributed by atoms with Gasteiger partial charge in [0.1, 0.15) is 0 Å². The monoisotopic (exact) mass is 303 g/mol. The summed E-state index contributed by atoms with van der Waals surface area (Å²) in [4.78, 5) is 8.17. The number of benzene rings is 1. The summed E-state index contributed by atoms with van der Waals surface area (Å²) >= 11 is 5.39. The van der Waals surface area contributed by atoms with Crippen LogP contribution in [0, 0.1) is 10.1 Å². The minimum absolute atomic E-state index is 0.141. The molecule has 0 amide bonds. The summed E-state index contributed by atoms with van der Waals surface area (Å²) in [6, 6.07) is 0.704. The van der Waals surface area contributed by atoms with E-state index >= 15 is 0 Å². The summed E-state index contributed by atoms with van der Waals surface area (Å²) < 4.78 is 60.5. The van der Waals surface area contributed by atoms with E-state index < -0.39 is 42.1 Å². The SMILES string of the molecule is CS(=O)(=O)c1c(Cl)cc([N+](=O)[O-])cc1C(F)(F)F. The first-order valence-corrected chi connectivity index (χ1v) is 6.46. The van der Waals surface area contributed by atoms with Gasteiger partial charge in [-0.3, -0.25) is 10.1 Å². The highest BCUT2D eigenvalue weighted by atomic mass is 35.5. The van der Waals surface area contributed by atoms with E-state index in [0.717, 1.165) is 0 Å². The largest absolute Gasteiger partial charge is 0.417 e. The standard InChI is InChI=1S/C8H5ClF3NO4S/c1-18(16,17)7-5(8(10,11)12)2-4(13(14)15)3-6(7)9/h2-3H,1H3. The third-order valence-corrected chi connectivity index (χ3v) is 3.51. The molecule has 5 nitrogen and oxygen atoms in total. The van der Waals surface area contributed by atoms with Crippen molar-refractivity contribution in [1.82, 2.24) is 0 Å². The number of hydrogen-bond acceptors (Lipinski definition) is 4. The Morgan fingerprint density at radius 3 is 2.17 bits per heavy atom. The van der Waals surface area contributed by atoms with E-state index in [1.54, 1.807) is 0 Å². The number of nitrogens with zero attached hydrogens (tertiary/aromatic N) is 1. The highest BCUT2D eigenvalue weighted by Gasteiger charge is 2.39. The van der Waals surface area contributed by atoms with Crippen molar-refractivity contribution in [3.05, 3.63) is 32.8 Å². The number of nitro groups is 1. The van der Waals surface area contributed by atoms with Gasteiger partial charge in [0.25, 0.3) is 5.69 Å². The lowest BCUT2D eigenvalue weighted by molar-refractivity contribution is -0.385. The fraction of sp³-hybridized carbons (Fsp3) is 0.250. The van der Waals surface area contributed by atoms with Crippen LogP contribution in [0.25, 0.3) is 0 Å². The molecular weight excluding hydrogens is 299 g/mol. The van der Waals surface area contributed by atoms with Crippen molar-refractivity contribution in [2.24, 2.45) is 0 Å². The molecule has 0 aliphatic carbocycles. The van der Waals surface area contributed by atoms with E-state index in [1.165, 1.54) is 0 Å². The number of nitro benzene ring substituents is 1. The molecular formula is C8H5ClF3NO4S. The molecule has 0 aromatic heterocycles. The maximum absolute atomic E-state index is 12.7. The van der Waals surface area contributed by atoms with Gasteiger partial charge in [-0.15, -0.1) is 0 Å². The third-order valence-electron chi connectivity index (χ3n) is 1.92. The summed E-state index contributed by atoms with van der Waals surface area (Å²) in [6.45, 7) is 0. The van der Waals surface area contributed by atoms with Gasteiger partial charge in [0.15, 0.2) is 9.84 Å². The Bertz CT molecular complexity index is 612. The summed E-state index contributed by atoms with van der Waals surface area (Å²) in [6.07, 6.45) is -4.52. The lowest BCUT2D eigenvalue weighted by Gasteiger charge is -2.12. The average Bonchev–Trinajstić information content (AvgIpc) is 2.12. The second-order valence-electron chi connectivity index (χ2n) is 3.33. The van der Waals surface area contributed by atoms with Crippen molar-refractivity contribution in [2.45, 2.75) is 11.1 Å². The summed E-state index contributed by atoms with van der Waals surface area (Å²) in [7, 11) is -4.26. The molecule has 1 rings (SSSR count). The Labute approximate surface area is 104 Å². The molecule has 0 aliphatic heterocycles. The number of hydrogen-bond donors (Lipinski definition) is 0. The van der Waals surface area contributed by atoms with Gasteiger partial charge in [-0.1, -0.05) is 11.6 Å². The zero-order valence-corrected chi connectivity index (χ0v) is 10.2. The molecule has 0 atom stereocenters. The van der Waals surface area contributed by atoms with Crippen LogP contribution in [0.15, 0.2) is 17.0 Å². The number of sulfone groups is 1. The summed E-state index contributed by atoms with van der Waals surface area (Å²) in [5.74, 6) is 0. The van der Waals surface area contributed by atoms with Crippen LogP contribution in [0.4, 0.5) is 18.9 Å². The molecule has 0 spiro atoms. The van der Waals surface area contributed by atoms with Crippen LogP contribution in [0.2, 0.25) is 5.02 Å². The van der Waals surface area contributed by atoms with E-state index in [-0.39, 0.29) is 6.07 Å². The van der Waals surface area contributed by atoms with Gasteiger partial charge in [0.2, 0.25) is 0 Å². The average molecular weight is 304 g/mol. The number of halogens is 4. The number of non-ortho nitro benzene ring substituents is 1. The lowest BCUT2D eigenvalue weighted by Crippen LogP contribution is -2.13. The molecule has 0 radical (unpaired) electrons. The van der Waals surface area contributed by atoms with E-state index in [2.05, 4.69) is 0 Å². The molecule has 0 aliphatic rings. The fourth-order valence-corrected chi connectivity index (χ4v) is 2.89. The molecule has 100 valence electrons. The Morgan fingerprint density at radius 1 is 1.33 bits per heavy atom. The van der Waals surface area contributed by atoms with Gasteiger partial charge >= 0.3 is 6.18 Å². The summed E-state index contributed by atoms with van der Waals surface area (Å²) in [5, 5.41) is 9.59. The zero-order chi connectivity index (χ0) is 14.3. The third kappa shape index (κ3) is 2.91. The van der Waals surface area contributed by atoms with Gasteiger partial charge < -0.3 is 0 Å². The highest BCUT2D eigenvalue weighted by Crippen LogP contribution is 2.40. The van der Waals surface area contributed by atoms with Gasteiger partial charge in [-0.25, -0.2) is 8.42 Å². The van der Waals surface area contributed by atoms with Crippen molar-refractivity contribution < 1.29 is 26.5 Å². The van der Waals surface area contributed by atoms with Gasteiger partial charge in [-0.05, 0) is 0 Å². The van der Waals surface area contributed by atoms with Crippen LogP contribution in [0.1, 0.15) is 5.56 Å². The van der Waals surface area contributed by atoms with Crippen LogP contribution in [0.5, 0.6) is 0 Å². The van der Waals surface area contributed by atoms with Gasteiger partial charge in [-0.2, -0.15) is 13.2 Å². The molecule has 0 bridgehead atoms. The van der Waals surface area contributed by atoms with E-state index in [4.69, 9.17) is 11.6 Å². The van der Waals surface area contributed by atoms with E-state index in [1.807, 2.05) is 0 Å². The molecule has 0 N–H and O–H groups in total. The van der Waals surface area contributed by atoms with Crippen molar-refractivity contribution in [3.63, 3.8) is 0 Å². The Balaban J connectivity index is 3.78. The molecule has 18 heavy (non-hydrogen) atoms. The minimum Gasteiger partial charge on any atom is -0.258 e. The Morgan fingerprint density at radius 2 is 1.83 bits per heavy atom. The quantitative estimate of drug-likeness (QED) is 0.621. The van der Waals surface area contributed by atoms with Crippen molar-refractivity contribution in [3.8, 4) is 0 Å². The second kappa shape index (κ2) is 4.39. The normalized spacial score (nSPS) is 12.5. The predicted octanol–water partition coefficient (Wildman–Crippen LogP) is 2.67. The van der Waals surface area contributed by atoms with E-state index in [9.17, 15) is 31.7 Å².